The van der Waals surface area contributed by atoms with Crippen LogP contribution in [0, 0.1) is 0 Å². The highest BCUT2D eigenvalue weighted by Crippen LogP contribution is 2.15. The summed E-state index contributed by atoms with van der Waals surface area (Å²) in [4.78, 5) is 40.0. The Kier molecular flexibility index (Phi) is 6.10. The molecular formula is C16H20N2O5. The molecule has 0 aliphatic carbocycles. The van der Waals surface area contributed by atoms with Crippen LogP contribution in [-0.4, -0.2) is 46.1 Å². The predicted molar refractivity (Wildman–Crippen MR) is 80.7 cm³/mol. The summed E-state index contributed by atoms with van der Waals surface area (Å²) in [6, 6.07) is 9.52. The SMILES string of the molecule is O=C(ON1C(=O)CCC1=O)N1CCCC1.OCc1ccccc1. The maximum absolute atomic E-state index is 11.4. The van der Waals surface area contributed by atoms with Crippen LogP contribution in [0.15, 0.2) is 30.3 Å². The zero-order valence-electron chi connectivity index (χ0n) is 12.8. The lowest BCUT2D eigenvalue weighted by Crippen LogP contribution is -2.38. The Bertz CT molecular complexity index is 539. The second kappa shape index (κ2) is 8.28. The molecule has 1 aromatic carbocycles. The second-order valence-electron chi connectivity index (χ2n) is 5.28. The number of benzene rings is 1. The zero-order valence-corrected chi connectivity index (χ0v) is 12.8. The van der Waals surface area contributed by atoms with Crippen LogP contribution in [-0.2, 0) is 21.0 Å². The summed E-state index contributed by atoms with van der Waals surface area (Å²) in [7, 11) is 0. The Morgan fingerprint density at radius 2 is 1.61 bits per heavy atom. The molecule has 3 rings (SSSR count). The van der Waals surface area contributed by atoms with Crippen LogP contribution in [0.25, 0.3) is 0 Å². The maximum Gasteiger partial charge on any atom is 0.434 e. The van der Waals surface area contributed by atoms with Gasteiger partial charge >= 0.3 is 6.09 Å². The van der Waals surface area contributed by atoms with Gasteiger partial charge in [0.2, 0.25) is 0 Å². The zero-order chi connectivity index (χ0) is 16.7. The van der Waals surface area contributed by atoms with E-state index in [9.17, 15) is 14.4 Å². The molecule has 0 atom stereocenters. The van der Waals surface area contributed by atoms with E-state index >= 15 is 0 Å². The fourth-order valence-corrected chi connectivity index (χ4v) is 2.28. The van der Waals surface area contributed by atoms with Gasteiger partial charge in [-0.25, -0.2) is 4.79 Å². The molecule has 2 aliphatic heterocycles. The largest absolute Gasteiger partial charge is 0.434 e. The summed E-state index contributed by atoms with van der Waals surface area (Å²) in [5.41, 5.74) is 0.965. The maximum atomic E-state index is 11.4. The Hall–Kier alpha value is -2.41. The molecule has 0 aromatic heterocycles. The smallest absolute Gasteiger partial charge is 0.392 e. The second-order valence-corrected chi connectivity index (χ2v) is 5.28. The number of likely N-dealkylation sites (tertiary alicyclic amines) is 1. The summed E-state index contributed by atoms with van der Waals surface area (Å²) in [6.45, 7) is 1.41. The van der Waals surface area contributed by atoms with Gasteiger partial charge in [0.25, 0.3) is 11.8 Å². The van der Waals surface area contributed by atoms with Gasteiger partial charge in [-0.05, 0) is 18.4 Å². The minimum atomic E-state index is -0.601. The fraction of sp³-hybridized carbons (Fsp3) is 0.438. The molecule has 0 spiro atoms. The molecule has 0 radical (unpaired) electrons. The number of amides is 3. The monoisotopic (exact) mass is 320 g/mol. The van der Waals surface area contributed by atoms with Crippen LogP contribution in [0.2, 0.25) is 0 Å². The van der Waals surface area contributed by atoms with E-state index in [-0.39, 0.29) is 19.4 Å². The standard InChI is InChI=1S/C9H12N2O4.C7H8O/c12-7-3-4-8(13)11(7)15-9(14)10-5-1-2-6-10;8-6-7-4-2-1-3-5-7/h1-6H2;1-5,8H,6H2. The molecule has 1 N–H and O–H groups in total. The van der Waals surface area contributed by atoms with E-state index in [1.54, 1.807) is 0 Å². The number of hydrogen-bond acceptors (Lipinski definition) is 5. The quantitative estimate of drug-likeness (QED) is 0.834. The molecule has 0 unspecified atom stereocenters. The highest BCUT2D eigenvalue weighted by atomic mass is 16.7. The lowest BCUT2D eigenvalue weighted by atomic mass is 10.2. The van der Waals surface area contributed by atoms with Crippen molar-refractivity contribution < 1.29 is 24.3 Å². The van der Waals surface area contributed by atoms with Crippen molar-refractivity contribution >= 4 is 17.9 Å². The first-order valence-corrected chi connectivity index (χ1v) is 7.59. The lowest BCUT2D eigenvalue weighted by molar-refractivity contribution is -0.173. The Morgan fingerprint density at radius 1 is 1.04 bits per heavy atom. The number of carbonyl (C=O) groups excluding carboxylic acids is 3. The number of hydrogen-bond donors (Lipinski definition) is 1. The van der Waals surface area contributed by atoms with Gasteiger partial charge in [-0.15, -0.1) is 5.06 Å². The van der Waals surface area contributed by atoms with Crippen LogP contribution in [0.4, 0.5) is 4.79 Å². The van der Waals surface area contributed by atoms with Gasteiger partial charge in [0.05, 0.1) is 6.61 Å². The molecule has 124 valence electrons. The van der Waals surface area contributed by atoms with Crippen LogP contribution in [0.1, 0.15) is 31.2 Å². The van der Waals surface area contributed by atoms with Gasteiger partial charge in [-0.2, -0.15) is 0 Å². The molecule has 2 aliphatic rings. The molecule has 2 heterocycles. The van der Waals surface area contributed by atoms with Gasteiger partial charge in [0, 0.05) is 25.9 Å². The van der Waals surface area contributed by atoms with Crippen molar-refractivity contribution in [2.75, 3.05) is 13.1 Å². The Balaban J connectivity index is 0.000000203. The third-order valence-corrected chi connectivity index (χ3v) is 3.56. The van der Waals surface area contributed by atoms with E-state index in [4.69, 9.17) is 9.94 Å². The molecule has 1 aromatic rings. The van der Waals surface area contributed by atoms with Crippen molar-refractivity contribution in [2.24, 2.45) is 0 Å². The normalized spacial score (nSPS) is 17.1. The number of nitrogens with zero attached hydrogens (tertiary/aromatic N) is 2. The van der Waals surface area contributed by atoms with Gasteiger partial charge in [-0.1, -0.05) is 30.3 Å². The van der Waals surface area contributed by atoms with Gasteiger partial charge in [-0.3, -0.25) is 9.59 Å². The topological polar surface area (TPSA) is 87.2 Å². The summed E-state index contributed by atoms with van der Waals surface area (Å²) in [6.07, 6.45) is 1.54. The summed E-state index contributed by atoms with van der Waals surface area (Å²) in [5.74, 6) is -0.875. The van der Waals surface area contributed by atoms with E-state index in [0.29, 0.717) is 18.2 Å². The summed E-state index contributed by atoms with van der Waals surface area (Å²) in [5, 5.41) is 9.12. The molecule has 7 nitrogen and oxygen atoms in total. The van der Waals surface area contributed by atoms with E-state index in [1.165, 1.54) is 4.90 Å². The first-order valence-electron chi connectivity index (χ1n) is 7.59. The number of imide groups is 1. The van der Waals surface area contributed by atoms with Crippen LogP contribution in [0.5, 0.6) is 0 Å². The molecule has 0 saturated carbocycles. The van der Waals surface area contributed by atoms with Crippen molar-refractivity contribution in [1.82, 2.24) is 9.96 Å². The lowest BCUT2D eigenvalue weighted by Gasteiger charge is -2.18. The molecule has 2 fully saturated rings. The van der Waals surface area contributed by atoms with E-state index < -0.39 is 17.9 Å². The highest BCUT2D eigenvalue weighted by molar-refractivity contribution is 6.01. The van der Waals surface area contributed by atoms with E-state index in [1.807, 2.05) is 30.3 Å². The minimum Gasteiger partial charge on any atom is -0.392 e. The third kappa shape index (κ3) is 4.79. The first kappa shape index (κ1) is 17.0. The fourth-order valence-electron chi connectivity index (χ4n) is 2.28. The number of carbonyl (C=O) groups is 3. The third-order valence-electron chi connectivity index (χ3n) is 3.56. The van der Waals surface area contributed by atoms with Gasteiger partial charge in [0.15, 0.2) is 0 Å². The van der Waals surface area contributed by atoms with E-state index in [2.05, 4.69) is 0 Å². The minimum absolute atomic E-state index is 0.131. The highest BCUT2D eigenvalue weighted by Gasteiger charge is 2.34. The van der Waals surface area contributed by atoms with Crippen LogP contribution >= 0.6 is 0 Å². The van der Waals surface area contributed by atoms with Crippen molar-refractivity contribution in [3.63, 3.8) is 0 Å². The predicted octanol–water partition coefficient (Wildman–Crippen LogP) is 1.46. The number of aliphatic hydroxyl groups excluding tert-OH is 1. The number of aliphatic hydroxyl groups is 1. The molecule has 3 amide bonds. The van der Waals surface area contributed by atoms with Crippen molar-refractivity contribution in [3.05, 3.63) is 35.9 Å². The molecule has 0 bridgehead atoms. The molecule has 2 saturated heterocycles. The Labute approximate surface area is 134 Å². The number of rotatable bonds is 2. The summed E-state index contributed by atoms with van der Waals surface area (Å²) < 4.78 is 0. The van der Waals surface area contributed by atoms with Gasteiger partial charge in [0.1, 0.15) is 0 Å². The van der Waals surface area contributed by atoms with Crippen LogP contribution in [0.3, 0.4) is 0 Å². The average molecular weight is 320 g/mol. The van der Waals surface area contributed by atoms with Crippen molar-refractivity contribution in [2.45, 2.75) is 32.3 Å². The molecule has 7 heteroatoms. The average Bonchev–Trinajstić information content (AvgIpc) is 3.22. The van der Waals surface area contributed by atoms with E-state index in [0.717, 1.165) is 18.4 Å². The molecular weight excluding hydrogens is 300 g/mol. The van der Waals surface area contributed by atoms with Crippen LogP contribution < -0.4 is 0 Å². The molecule has 23 heavy (non-hydrogen) atoms. The summed E-state index contributed by atoms with van der Waals surface area (Å²) >= 11 is 0. The van der Waals surface area contributed by atoms with Gasteiger partial charge < -0.3 is 14.8 Å². The van der Waals surface area contributed by atoms with Crippen molar-refractivity contribution in [3.8, 4) is 0 Å². The first-order chi connectivity index (χ1) is 11.1. The Morgan fingerprint density at radius 3 is 2.09 bits per heavy atom. The number of hydroxylamine groups is 2. The van der Waals surface area contributed by atoms with Crippen molar-refractivity contribution in [1.29, 1.82) is 0 Å².